The second-order valence-electron chi connectivity index (χ2n) is 4.53. The lowest BCUT2D eigenvalue weighted by Crippen LogP contribution is -2.41. The van der Waals surface area contributed by atoms with Crippen LogP contribution in [0.25, 0.3) is 0 Å². The maximum atomic E-state index is 13.4. The van der Waals surface area contributed by atoms with Crippen molar-refractivity contribution in [3.05, 3.63) is 47.5 Å². The van der Waals surface area contributed by atoms with Gasteiger partial charge in [0.05, 0.1) is 6.42 Å². The van der Waals surface area contributed by atoms with Crippen molar-refractivity contribution in [2.75, 3.05) is 0 Å². The van der Waals surface area contributed by atoms with Crippen molar-refractivity contribution in [2.45, 2.75) is 25.8 Å². The minimum absolute atomic E-state index is 0.00311. The summed E-state index contributed by atoms with van der Waals surface area (Å²) in [5.74, 6) is -3.42. The lowest BCUT2D eigenvalue weighted by Gasteiger charge is -2.14. The molecule has 1 aromatic carbocycles. The Morgan fingerprint density at radius 3 is 2.55 bits per heavy atom. The highest BCUT2D eigenvalue weighted by molar-refractivity contribution is 5.85. The monoisotopic (exact) mass is 283 g/mol. The first-order chi connectivity index (χ1) is 9.29. The van der Waals surface area contributed by atoms with E-state index >= 15 is 0 Å². The summed E-state index contributed by atoms with van der Waals surface area (Å²) in [7, 11) is 0. The molecule has 4 nitrogen and oxygen atoms in total. The SMILES string of the molecule is C=C(C)C[C@H](NC(=O)Cc1ccc(F)cc1F)C(=O)O. The normalized spacial score (nSPS) is 11.8. The molecule has 0 saturated carbocycles. The van der Waals surface area contributed by atoms with Crippen molar-refractivity contribution < 1.29 is 23.5 Å². The lowest BCUT2D eigenvalue weighted by atomic mass is 10.1. The van der Waals surface area contributed by atoms with Crippen LogP contribution in [0, 0.1) is 11.6 Å². The lowest BCUT2D eigenvalue weighted by molar-refractivity contribution is -0.141. The molecule has 0 fully saturated rings. The van der Waals surface area contributed by atoms with Crippen LogP contribution in [0.3, 0.4) is 0 Å². The molecule has 0 unspecified atom stereocenters. The second-order valence-corrected chi connectivity index (χ2v) is 4.53. The molecule has 6 heteroatoms. The number of nitrogens with one attached hydrogen (secondary N) is 1. The first-order valence-electron chi connectivity index (χ1n) is 5.90. The molecule has 1 aromatic rings. The topological polar surface area (TPSA) is 66.4 Å². The molecule has 0 saturated heterocycles. The summed E-state index contributed by atoms with van der Waals surface area (Å²) in [6.07, 6.45) is -0.265. The van der Waals surface area contributed by atoms with E-state index in [2.05, 4.69) is 11.9 Å². The van der Waals surface area contributed by atoms with E-state index in [1.54, 1.807) is 6.92 Å². The quantitative estimate of drug-likeness (QED) is 0.785. The van der Waals surface area contributed by atoms with Gasteiger partial charge in [-0.1, -0.05) is 11.6 Å². The van der Waals surface area contributed by atoms with Gasteiger partial charge in [-0.2, -0.15) is 0 Å². The molecule has 0 aliphatic rings. The van der Waals surface area contributed by atoms with Crippen LogP contribution in [0.2, 0.25) is 0 Å². The minimum atomic E-state index is -1.19. The van der Waals surface area contributed by atoms with Crippen LogP contribution in [0.5, 0.6) is 0 Å². The Labute approximate surface area is 115 Å². The molecular formula is C14H15F2NO3. The van der Waals surface area contributed by atoms with E-state index in [-0.39, 0.29) is 18.4 Å². The average Bonchev–Trinajstić information content (AvgIpc) is 2.31. The van der Waals surface area contributed by atoms with Gasteiger partial charge in [-0.15, -0.1) is 6.58 Å². The molecule has 0 bridgehead atoms. The van der Waals surface area contributed by atoms with Gasteiger partial charge in [-0.3, -0.25) is 4.79 Å². The predicted molar refractivity (Wildman–Crippen MR) is 69.1 cm³/mol. The number of carbonyl (C=O) groups excluding carboxylic acids is 1. The van der Waals surface area contributed by atoms with Crippen molar-refractivity contribution in [3.63, 3.8) is 0 Å². The summed E-state index contributed by atoms with van der Waals surface area (Å²) in [6.45, 7) is 5.22. The van der Waals surface area contributed by atoms with Crippen LogP contribution >= 0.6 is 0 Å². The zero-order valence-corrected chi connectivity index (χ0v) is 11.0. The van der Waals surface area contributed by atoms with Gasteiger partial charge in [-0.05, 0) is 25.0 Å². The van der Waals surface area contributed by atoms with E-state index in [0.717, 1.165) is 12.1 Å². The Morgan fingerprint density at radius 2 is 2.05 bits per heavy atom. The highest BCUT2D eigenvalue weighted by Gasteiger charge is 2.20. The van der Waals surface area contributed by atoms with Crippen molar-refractivity contribution in [1.29, 1.82) is 0 Å². The maximum absolute atomic E-state index is 13.4. The molecule has 1 amide bonds. The molecule has 108 valence electrons. The van der Waals surface area contributed by atoms with Crippen LogP contribution in [-0.4, -0.2) is 23.0 Å². The van der Waals surface area contributed by atoms with Crippen molar-refractivity contribution >= 4 is 11.9 Å². The third kappa shape index (κ3) is 4.79. The van der Waals surface area contributed by atoms with Crippen LogP contribution < -0.4 is 5.32 Å². The Bertz CT molecular complexity index is 543. The summed E-state index contributed by atoms with van der Waals surface area (Å²) in [6, 6.07) is 1.75. The molecule has 0 aromatic heterocycles. The van der Waals surface area contributed by atoms with Gasteiger partial charge in [-0.25, -0.2) is 13.6 Å². The average molecular weight is 283 g/mol. The Kier molecular flexibility index (Phi) is 5.37. The number of carbonyl (C=O) groups is 2. The van der Waals surface area contributed by atoms with Gasteiger partial charge in [0.2, 0.25) is 5.91 Å². The number of hydrogen-bond acceptors (Lipinski definition) is 2. The molecule has 0 aliphatic carbocycles. The van der Waals surface area contributed by atoms with Gasteiger partial charge in [0.15, 0.2) is 0 Å². The number of hydrogen-bond donors (Lipinski definition) is 2. The van der Waals surface area contributed by atoms with E-state index in [1.807, 2.05) is 0 Å². The van der Waals surface area contributed by atoms with E-state index < -0.39 is 29.6 Å². The van der Waals surface area contributed by atoms with Crippen LogP contribution in [-0.2, 0) is 16.0 Å². The zero-order chi connectivity index (χ0) is 15.3. The molecule has 1 atom stereocenters. The number of rotatable bonds is 6. The highest BCUT2D eigenvalue weighted by atomic mass is 19.1. The summed E-state index contributed by atoms with van der Waals surface area (Å²) >= 11 is 0. The molecule has 0 heterocycles. The number of amides is 1. The van der Waals surface area contributed by atoms with E-state index in [1.165, 1.54) is 0 Å². The van der Waals surface area contributed by atoms with Gasteiger partial charge in [0.25, 0.3) is 0 Å². The molecule has 2 N–H and O–H groups in total. The number of halogens is 2. The van der Waals surface area contributed by atoms with Crippen LogP contribution in [0.15, 0.2) is 30.4 Å². The number of benzene rings is 1. The first kappa shape index (κ1) is 15.8. The Balaban J connectivity index is 2.70. The standard InChI is InChI=1S/C14H15F2NO3/c1-8(2)5-12(14(19)20)17-13(18)6-9-3-4-10(15)7-11(9)16/h3-4,7,12H,1,5-6H2,2H3,(H,17,18)(H,19,20)/t12-/m0/s1. The minimum Gasteiger partial charge on any atom is -0.480 e. The third-order valence-corrected chi connectivity index (χ3v) is 2.55. The van der Waals surface area contributed by atoms with E-state index in [9.17, 15) is 18.4 Å². The molecule has 1 rings (SSSR count). The summed E-state index contributed by atoms with van der Waals surface area (Å²) in [5.41, 5.74) is 0.606. The third-order valence-electron chi connectivity index (χ3n) is 2.55. The van der Waals surface area contributed by atoms with Crippen LogP contribution in [0.4, 0.5) is 8.78 Å². The molecule has 0 aliphatic heterocycles. The van der Waals surface area contributed by atoms with Gasteiger partial charge < -0.3 is 10.4 Å². The highest BCUT2D eigenvalue weighted by Crippen LogP contribution is 2.10. The van der Waals surface area contributed by atoms with Gasteiger partial charge >= 0.3 is 5.97 Å². The number of aliphatic carboxylic acids is 1. The first-order valence-corrected chi connectivity index (χ1v) is 5.90. The fourth-order valence-corrected chi connectivity index (χ4v) is 1.63. The summed E-state index contributed by atoms with van der Waals surface area (Å²) < 4.78 is 26.1. The van der Waals surface area contributed by atoms with Crippen molar-refractivity contribution in [1.82, 2.24) is 5.32 Å². The maximum Gasteiger partial charge on any atom is 0.326 e. The van der Waals surface area contributed by atoms with Crippen LogP contribution in [0.1, 0.15) is 18.9 Å². The second kappa shape index (κ2) is 6.79. The fourth-order valence-electron chi connectivity index (χ4n) is 1.63. The molecule has 0 radical (unpaired) electrons. The summed E-state index contributed by atoms with van der Waals surface area (Å²) in [4.78, 5) is 22.6. The van der Waals surface area contributed by atoms with E-state index in [0.29, 0.717) is 11.6 Å². The molecular weight excluding hydrogens is 268 g/mol. The number of carboxylic acids is 1. The van der Waals surface area contributed by atoms with Crippen molar-refractivity contribution in [3.8, 4) is 0 Å². The largest absolute Gasteiger partial charge is 0.480 e. The molecule has 20 heavy (non-hydrogen) atoms. The number of carboxylic acid groups (broad SMARTS) is 1. The Hall–Kier alpha value is -2.24. The predicted octanol–water partition coefficient (Wildman–Crippen LogP) is 2.04. The smallest absolute Gasteiger partial charge is 0.326 e. The van der Waals surface area contributed by atoms with Gasteiger partial charge in [0.1, 0.15) is 17.7 Å². The summed E-state index contributed by atoms with van der Waals surface area (Å²) in [5, 5.41) is 11.2. The van der Waals surface area contributed by atoms with Crippen molar-refractivity contribution in [2.24, 2.45) is 0 Å². The molecule has 0 spiro atoms. The Morgan fingerprint density at radius 1 is 1.40 bits per heavy atom. The van der Waals surface area contributed by atoms with E-state index in [4.69, 9.17) is 5.11 Å². The zero-order valence-electron chi connectivity index (χ0n) is 11.0. The van der Waals surface area contributed by atoms with Gasteiger partial charge in [0, 0.05) is 6.07 Å². The fraction of sp³-hybridized carbons (Fsp3) is 0.286.